The SMILES string of the molecule is Nc1c(N=Nc2cc(Nc3nc(Cl)nc(N4CCOCC4)n3)ccc2S(=O)(=O)[O-])cc(S(=O)(=O)[O-])c(N)c1N=Nc1cc(Nc2cc(F)nc(F)n2)ccc1SOO[O-].[B]I(F)I.[Na+].[Na+].[Na+]. The topological polar surface area (TPSA) is 358 Å². The van der Waals surface area contributed by atoms with Gasteiger partial charge in [-0.25, -0.2) is 16.8 Å². The summed E-state index contributed by atoms with van der Waals surface area (Å²) >= 11 is 5.77. The summed E-state index contributed by atoms with van der Waals surface area (Å²) in [6.07, 6.45) is -1.38. The van der Waals surface area contributed by atoms with E-state index in [1.54, 1.807) is 23.5 Å². The zero-order valence-electron chi connectivity index (χ0n) is 33.7. The maximum Gasteiger partial charge on any atom is 1.00 e. The van der Waals surface area contributed by atoms with Crippen LogP contribution < -0.4 is 121 Å². The minimum atomic E-state index is -5.41. The molecule has 6 N–H and O–H groups in total. The van der Waals surface area contributed by atoms with E-state index < -0.39 is 86.7 Å². The van der Waals surface area contributed by atoms with Gasteiger partial charge in [-0.2, -0.15) is 38.0 Å². The van der Waals surface area contributed by atoms with Crippen LogP contribution in [-0.2, 0) is 34.3 Å². The van der Waals surface area contributed by atoms with E-state index in [-0.39, 0.29) is 134 Å². The Hall–Kier alpha value is -1.44. The van der Waals surface area contributed by atoms with Crippen molar-refractivity contribution in [2.24, 2.45) is 20.5 Å². The van der Waals surface area contributed by atoms with Crippen LogP contribution in [0.4, 0.5) is 74.9 Å². The standard InChI is InChI=1S/C29H25ClF2N14O10S3.BFI2.3Na/c30-26-39-28(41-29(40-26)46-5-7-54-8-6-46)36-14-2-4-19(58(48,49)50)16(10-14)43-44-17-11-20(59(51,52)53)24(34)25(23(17)33)45-42-15-9-13(1-3-18(15)57-56-55-47)35-22-12-21(31)37-27(32)38-22;1-4(2)3;;;/h1-4,9-12,47H,5-8,33-34H2,(H,35,37,38)(H,48,49,50)(H,51,52,53)(H,36,39,40,41);;;;/q;;3*+1/p-3. The molecule has 24 nitrogen and oxygen atoms in total. The second-order valence-electron chi connectivity index (χ2n) is 11.6. The van der Waals surface area contributed by atoms with E-state index in [1.165, 1.54) is 24.3 Å². The number of azo groups is 2. The third-order valence-electron chi connectivity index (χ3n) is 7.54. The molecule has 3 aromatic carbocycles. The summed E-state index contributed by atoms with van der Waals surface area (Å²) in [4.78, 5) is 18.6. The molecule has 66 heavy (non-hydrogen) atoms. The first-order valence-electron chi connectivity index (χ1n) is 16.4. The molecule has 0 amide bonds. The Kier molecular flexibility index (Phi) is 25.6. The second kappa shape index (κ2) is 27.8. The maximum absolute atomic E-state index is 13.7. The molecule has 5 aromatic rings. The van der Waals surface area contributed by atoms with Gasteiger partial charge in [-0.1, -0.05) is 0 Å². The first kappa shape index (κ1) is 60.7. The molecule has 1 fully saturated rings. The first-order chi connectivity index (χ1) is 29.7. The van der Waals surface area contributed by atoms with Gasteiger partial charge in [-0.3, -0.25) is 5.04 Å². The second-order valence-corrected chi connectivity index (χ2v) is 21.9. The van der Waals surface area contributed by atoms with Crippen LogP contribution in [0.3, 0.4) is 0 Å². The van der Waals surface area contributed by atoms with Crippen LogP contribution in [0.25, 0.3) is 0 Å². The number of halogens is 6. The molecule has 1 aliphatic heterocycles. The van der Waals surface area contributed by atoms with Gasteiger partial charge in [0.15, 0.2) is 0 Å². The van der Waals surface area contributed by atoms with Crippen molar-refractivity contribution in [3.8, 4) is 0 Å². The van der Waals surface area contributed by atoms with Crippen LogP contribution in [0.5, 0.6) is 0 Å². The molecule has 3 heterocycles. The van der Waals surface area contributed by atoms with E-state index in [0.29, 0.717) is 44.4 Å². The van der Waals surface area contributed by atoms with Crippen LogP contribution >= 0.6 is 58.5 Å². The van der Waals surface area contributed by atoms with E-state index in [9.17, 15) is 42.8 Å². The Morgan fingerprint density at radius 3 is 2.05 bits per heavy atom. The van der Waals surface area contributed by atoms with Crippen LogP contribution in [-0.4, -0.2) is 82.9 Å². The van der Waals surface area contributed by atoms with Crippen molar-refractivity contribution in [1.29, 1.82) is 0 Å². The molecule has 1 saturated heterocycles. The number of ether oxygens (including phenoxy) is 1. The molecule has 6 rings (SSSR count). The van der Waals surface area contributed by atoms with Crippen molar-refractivity contribution in [3.63, 3.8) is 0 Å². The van der Waals surface area contributed by atoms with Gasteiger partial charge in [0, 0.05) is 30.5 Å². The Labute approximate surface area is 466 Å². The smallest absolute Gasteiger partial charge is 1.00 e. The molecule has 334 valence electrons. The number of hydrogen-bond acceptors (Lipinski definition) is 25. The van der Waals surface area contributed by atoms with Crippen LogP contribution in [0.1, 0.15) is 0 Å². The van der Waals surface area contributed by atoms with E-state index >= 15 is 0 Å². The zero-order valence-corrected chi connectivity index (χ0v) is 47.2. The third kappa shape index (κ3) is 18.1. The predicted molar refractivity (Wildman–Crippen MR) is 232 cm³/mol. The minimum Gasteiger partial charge on any atom is 1.00 e. The fraction of sp³-hybridized carbons (Fsp3) is 0.138. The fourth-order valence-corrected chi connectivity index (χ4v) is 6.76. The average Bonchev–Trinajstić information content (AvgIpc) is 3.19. The van der Waals surface area contributed by atoms with Gasteiger partial charge in [0.05, 0.1) is 51.3 Å². The van der Waals surface area contributed by atoms with Crippen molar-refractivity contribution in [1.82, 2.24) is 24.9 Å². The van der Waals surface area contributed by atoms with Gasteiger partial charge < -0.3 is 46.1 Å². The van der Waals surface area contributed by atoms with E-state index in [2.05, 4.69) is 71.1 Å². The van der Waals surface area contributed by atoms with Crippen LogP contribution in [0.2, 0.25) is 5.28 Å². The summed E-state index contributed by atoms with van der Waals surface area (Å²) in [6.45, 7) is 1.75. The Bertz CT molecular complexity index is 2770. The predicted octanol–water partition coefficient (Wildman–Crippen LogP) is -3.23. The van der Waals surface area contributed by atoms with Gasteiger partial charge in [-0.15, -0.1) is 20.5 Å². The summed E-state index contributed by atoms with van der Waals surface area (Å²) < 4.78 is 121. The summed E-state index contributed by atoms with van der Waals surface area (Å²) in [6, 6.07) is 8.32. The van der Waals surface area contributed by atoms with Gasteiger partial charge in [0.1, 0.15) is 48.8 Å². The van der Waals surface area contributed by atoms with Crippen molar-refractivity contribution in [3.05, 3.63) is 65.8 Å². The number of morpholine rings is 1. The summed E-state index contributed by atoms with van der Waals surface area (Å²) in [7, 11) is -10.6. The minimum absolute atomic E-state index is 0. The molecule has 1 aliphatic rings. The van der Waals surface area contributed by atoms with Crippen molar-refractivity contribution in [2.75, 3.05) is 53.3 Å². The van der Waals surface area contributed by atoms with Crippen LogP contribution in [0, 0.1) is 12.0 Å². The molecule has 2 aromatic heterocycles. The number of nitrogen functional groups attached to an aromatic ring is 2. The molecule has 0 atom stereocenters. The monoisotopic (exact) mass is 1250 g/mol. The molecule has 0 bridgehead atoms. The molecule has 0 spiro atoms. The number of aromatic nitrogens is 5. The maximum atomic E-state index is 13.7. The summed E-state index contributed by atoms with van der Waals surface area (Å²) in [5.41, 5.74) is 13.5. The number of nitrogens with two attached hydrogens (primary N) is 2. The van der Waals surface area contributed by atoms with Gasteiger partial charge in [0.2, 0.25) is 23.1 Å². The van der Waals surface area contributed by atoms with Crippen molar-refractivity contribution < 1.29 is 146 Å². The number of anilines is 7. The molecule has 0 unspecified atom stereocenters. The number of nitrogens with one attached hydrogen (secondary N) is 2. The van der Waals surface area contributed by atoms with Gasteiger partial charge >= 0.3 is 138 Å². The number of benzene rings is 3. The molecule has 2 radical (unpaired) electrons. The summed E-state index contributed by atoms with van der Waals surface area (Å²) in [5.74, 6) is -1.39. The largest absolute Gasteiger partial charge is 1.00 e. The fourth-order valence-electron chi connectivity index (χ4n) is 4.98. The molecular weight excluding hydrogens is 1230 g/mol. The van der Waals surface area contributed by atoms with Gasteiger partial charge in [0.25, 0.3) is 0 Å². The molecular formula is C29H22BClF3I2N14Na3O10S3. The van der Waals surface area contributed by atoms with Crippen LogP contribution in [0.15, 0.2) is 83.7 Å². The van der Waals surface area contributed by atoms with Gasteiger partial charge in [-0.05, 0) is 54.1 Å². The third-order valence-corrected chi connectivity index (χ3v) is 10.1. The molecule has 37 heteroatoms. The molecule has 0 saturated carbocycles. The Morgan fingerprint density at radius 1 is 0.833 bits per heavy atom. The zero-order chi connectivity index (χ0) is 46.1. The number of rotatable bonds is 14. The summed E-state index contributed by atoms with van der Waals surface area (Å²) in [5, 5.41) is 34.6. The van der Waals surface area contributed by atoms with E-state index in [0.717, 1.165) is 18.2 Å². The van der Waals surface area contributed by atoms with E-state index in [1.807, 2.05) is 0 Å². The number of hydrogen-bond donors (Lipinski definition) is 4. The normalized spacial score (nSPS) is 12.9. The Balaban J connectivity index is 0.00000205. The first-order valence-corrected chi connectivity index (χ1v) is 28.6. The average molecular weight is 1250 g/mol. The van der Waals surface area contributed by atoms with Crippen molar-refractivity contribution in [2.45, 2.75) is 14.7 Å². The van der Waals surface area contributed by atoms with E-state index in [4.69, 9.17) is 27.8 Å². The quantitative estimate of drug-likeness (QED) is 0.00812. The number of nitrogens with zero attached hydrogens (tertiary/aromatic N) is 10. The van der Waals surface area contributed by atoms with Crippen molar-refractivity contribution >= 4 is 148 Å². The Morgan fingerprint density at radius 2 is 1.42 bits per heavy atom. The molecule has 0 aliphatic carbocycles.